The second-order valence-electron chi connectivity index (χ2n) is 5.12. The first-order valence-corrected chi connectivity index (χ1v) is 6.73. The van der Waals surface area contributed by atoms with Gasteiger partial charge in [-0.05, 0) is 45.0 Å². The molecule has 0 aliphatic rings. The molecule has 20 heavy (non-hydrogen) atoms. The Morgan fingerprint density at radius 3 is 2.40 bits per heavy atom. The number of ether oxygens (including phenoxy) is 2. The molecule has 0 heterocycles. The largest absolute Gasteiger partial charge is 0.497 e. The Kier molecular flexibility index (Phi) is 5.82. The minimum atomic E-state index is -0.504. The van der Waals surface area contributed by atoms with Gasteiger partial charge >= 0.3 is 5.97 Å². The van der Waals surface area contributed by atoms with Crippen LogP contribution in [-0.4, -0.2) is 31.8 Å². The summed E-state index contributed by atoms with van der Waals surface area (Å²) in [5, 5.41) is 3.32. The molecule has 0 unspecified atom stereocenters. The Hall–Kier alpha value is -1.75. The quantitative estimate of drug-likeness (QED) is 0.748. The van der Waals surface area contributed by atoms with Crippen molar-refractivity contribution in [2.45, 2.75) is 26.3 Å². The van der Waals surface area contributed by atoms with E-state index in [2.05, 4.69) is 5.32 Å². The average molecular weight is 280 g/mol. The topological polar surface area (TPSA) is 73.6 Å². The van der Waals surface area contributed by atoms with Gasteiger partial charge in [-0.3, -0.25) is 4.79 Å². The van der Waals surface area contributed by atoms with Crippen LogP contribution < -0.4 is 15.8 Å². The number of nitrogens with one attached hydrogen (secondary N) is 1. The van der Waals surface area contributed by atoms with Crippen molar-refractivity contribution in [2.75, 3.05) is 25.6 Å². The monoisotopic (exact) mass is 280 g/mol. The van der Waals surface area contributed by atoms with Crippen LogP contribution in [0.1, 0.15) is 20.8 Å². The maximum atomic E-state index is 11.9. The van der Waals surface area contributed by atoms with Crippen molar-refractivity contribution in [2.24, 2.45) is 11.7 Å². The van der Waals surface area contributed by atoms with Gasteiger partial charge < -0.3 is 20.5 Å². The van der Waals surface area contributed by atoms with E-state index in [1.54, 1.807) is 14.0 Å². The average Bonchev–Trinajstić information content (AvgIpc) is 2.39. The zero-order valence-corrected chi connectivity index (χ0v) is 12.6. The van der Waals surface area contributed by atoms with Crippen LogP contribution in [0.4, 0.5) is 5.69 Å². The molecule has 1 rings (SSSR count). The van der Waals surface area contributed by atoms with Crippen molar-refractivity contribution in [3.63, 3.8) is 0 Å². The van der Waals surface area contributed by atoms with Crippen LogP contribution in [0.15, 0.2) is 24.3 Å². The Morgan fingerprint density at radius 1 is 1.35 bits per heavy atom. The zero-order valence-electron chi connectivity index (χ0n) is 12.6. The summed E-state index contributed by atoms with van der Waals surface area (Å²) in [4.78, 5) is 11.9. The number of methoxy groups -OCH3 is 1. The summed E-state index contributed by atoms with van der Waals surface area (Å²) in [6, 6.07) is 7.53. The third kappa shape index (κ3) is 4.13. The summed E-state index contributed by atoms with van der Waals surface area (Å²) >= 11 is 0. The normalized spacial score (nSPS) is 12.7. The summed E-state index contributed by atoms with van der Waals surface area (Å²) < 4.78 is 10.2. The Balaban J connectivity index is 2.82. The van der Waals surface area contributed by atoms with E-state index in [4.69, 9.17) is 15.2 Å². The van der Waals surface area contributed by atoms with Gasteiger partial charge in [0, 0.05) is 17.8 Å². The van der Waals surface area contributed by atoms with Crippen LogP contribution in [0.5, 0.6) is 5.75 Å². The van der Waals surface area contributed by atoms with Crippen LogP contribution in [0.25, 0.3) is 0 Å². The number of carbonyl (C=O) groups excluding carboxylic acids is 1. The third-order valence-electron chi connectivity index (χ3n) is 3.23. The molecule has 0 saturated carbocycles. The summed E-state index contributed by atoms with van der Waals surface area (Å²) in [5.41, 5.74) is 6.13. The Bertz CT molecular complexity index is 429. The van der Waals surface area contributed by atoms with E-state index in [-0.39, 0.29) is 12.5 Å². The zero-order chi connectivity index (χ0) is 15.2. The molecule has 5 heteroatoms. The van der Waals surface area contributed by atoms with Crippen LogP contribution in [0.2, 0.25) is 0 Å². The number of esters is 1. The molecule has 0 amide bonds. The van der Waals surface area contributed by atoms with Gasteiger partial charge in [-0.15, -0.1) is 0 Å². The molecule has 0 fully saturated rings. The predicted molar refractivity (Wildman–Crippen MR) is 79.9 cm³/mol. The molecular formula is C15H24N2O3. The van der Waals surface area contributed by atoms with Crippen LogP contribution >= 0.6 is 0 Å². The van der Waals surface area contributed by atoms with Crippen molar-refractivity contribution in [3.05, 3.63) is 24.3 Å². The number of hydrogen-bond donors (Lipinski definition) is 2. The van der Waals surface area contributed by atoms with Crippen molar-refractivity contribution in [1.29, 1.82) is 0 Å². The van der Waals surface area contributed by atoms with Gasteiger partial charge in [0.25, 0.3) is 0 Å². The molecule has 112 valence electrons. The molecule has 3 N–H and O–H groups in total. The highest BCUT2D eigenvalue weighted by Gasteiger charge is 2.35. The molecule has 1 atom stereocenters. The van der Waals surface area contributed by atoms with Gasteiger partial charge in [0.1, 0.15) is 5.75 Å². The van der Waals surface area contributed by atoms with E-state index < -0.39 is 11.5 Å². The highest BCUT2D eigenvalue weighted by Crippen LogP contribution is 2.25. The minimum absolute atomic E-state index is 0.231. The van der Waals surface area contributed by atoms with E-state index in [1.165, 1.54) is 0 Å². The third-order valence-corrected chi connectivity index (χ3v) is 3.23. The number of nitrogens with two attached hydrogens (primary N) is 1. The number of hydrogen-bond acceptors (Lipinski definition) is 5. The number of rotatable bonds is 7. The minimum Gasteiger partial charge on any atom is -0.497 e. The fourth-order valence-corrected chi connectivity index (χ4v) is 2.06. The lowest BCUT2D eigenvalue weighted by molar-refractivity contribution is -0.149. The number of anilines is 1. The number of benzene rings is 1. The molecular weight excluding hydrogens is 256 g/mol. The van der Waals surface area contributed by atoms with Crippen LogP contribution in [-0.2, 0) is 9.53 Å². The van der Waals surface area contributed by atoms with Gasteiger partial charge in [0.15, 0.2) is 0 Å². The van der Waals surface area contributed by atoms with Crippen LogP contribution in [0.3, 0.4) is 0 Å². The van der Waals surface area contributed by atoms with E-state index in [9.17, 15) is 4.79 Å². The smallest absolute Gasteiger partial charge is 0.312 e. The van der Waals surface area contributed by atoms with Crippen molar-refractivity contribution >= 4 is 11.7 Å². The Labute approximate surface area is 120 Å². The molecule has 1 aromatic carbocycles. The van der Waals surface area contributed by atoms with Crippen molar-refractivity contribution in [3.8, 4) is 5.75 Å². The van der Waals surface area contributed by atoms with Gasteiger partial charge in [-0.2, -0.15) is 0 Å². The highest BCUT2D eigenvalue weighted by molar-refractivity contribution is 5.75. The first-order chi connectivity index (χ1) is 9.44. The molecule has 1 aromatic rings. The first-order valence-electron chi connectivity index (χ1n) is 6.73. The van der Waals surface area contributed by atoms with E-state index in [0.717, 1.165) is 11.4 Å². The van der Waals surface area contributed by atoms with Gasteiger partial charge in [-0.1, -0.05) is 0 Å². The van der Waals surface area contributed by atoms with Gasteiger partial charge in [0.05, 0.1) is 19.6 Å². The molecule has 0 saturated heterocycles. The molecule has 0 bridgehead atoms. The molecule has 0 aliphatic heterocycles. The molecule has 0 aliphatic carbocycles. The summed E-state index contributed by atoms with van der Waals surface area (Å²) in [7, 11) is 1.62. The van der Waals surface area contributed by atoms with Crippen molar-refractivity contribution in [1.82, 2.24) is 0 Å². The molecule has 5 nitrogen and oxygen atoms in total. The number of carbonyl (C=O) groups is 1. The second-order valence-corrected chi connectivity index (χ2v) is 5.12. The maximum Gasteiger partial charge on any atom is 0.312 e. The summed E-state index contributed by atoms with van der Waals surface area (Å²) in [6.45, 7) is 6.25. The summed E-state index contributed by atoms with van der Waals surface area (Å²) in [5.74, 6) is 0.0969. The predicted octanol–water partition coefficient (Wildman–Crippen LogP) is 2.02. The second kappa shape index (κ2) is 7.14. The fourth-order valence-electron chi connectivity index (χ4n) is 2.06. The maximum absolute atomic E-state index is 11.9. The standard InChI is InChI=1S/C15H24N2O3/c1-5-20-14(18)13(10-16)15(2,3)17-11-6-8-12(19-4)9-7-11/h6-9,13,17H,5,10,16H2,1-4H3/t13-/m0/s1. The molecule has 0 aromatic heterocycles. The molecule has 0 radical (unpaired) electrons. The fraction of sp³-hybridized carbons (Fsp3) is 0.533. The van der Waals surface area contributed by atoms with E-state index in [1.807, 2.05) is 38.1 Å². The first kappa shape index (κ1) is 16.3. The van der Waals surface area contributed by atoms with E-state index >= 15 is 0 Å². The lowest BCUT2D eigenvalue weighted by Gasteiger charge is -2.34. The SMILES string of the molecule is CCOC(=O)[C@H](CN)C(C)(C)Nc1ccc(OC)cc1. The summed E-state index contributed by atoms with van der Waals surface area (Å²) in [6.07, 6.45) is 0. The van der Waals surface area contributed by atoms with Crippen molar-refractivity contribution < 1.29 is 14.3 Å². The molecule has 0 spiro atoms. The van der Waals surface area contributed by atoms with E-state index in [0.29, 0.717) is 6.61 Å². The van der Waals surface area contributed by atoms with Gasteiger partial charge in [0.2, 0.25) is 0 Å². The van der Waals surface area contributed by atoms with Crippen LogP contribution in [0, 0.1) is 5.92 Å². The lowest BCUT2D eigenvalue weighted by atomic mass is 9.87. The highest BCUT2D eigenvalue weighted by atomic mass is 16.5. The van der Waals surface area contributed by atoms with Gasteiger partial charge in [-0.25, -0.2) is 0 Å². The Morgan fingerprint density at radius 2 is 1.95 bits per heavy atom. The lowest BCUT2D eigenvalue weighted by Crippen LogP contribution is -2.48.